The summed E-state index contributed by atoms with van der Waals surface area (Å²) in [6.45, 7) is 0.381. The third kappa shape index (κ3) is 1.89. The fourth-order valence-corrected chi connectivity index (χ4v) is 2.02. The molecule has 5 heteroatoms. The Morgan fingerprint density at radius 2 is 2.27 bits per heavy atom. The van der Waals surface area contributed by atoms with Crippen molar-refractivity contribution in [3.05, 3.63) is 28.5 Å². The molecule has 1 atom stereocenters. The number of carbonyl (C=O) groups excluding carboxylic acids is 1. The number of halogens is 2. The standard InChI is InChI=1S/C10H10BrFN2O/c11-7-2-1-3-8(10(7)12)14-5-6(13)4-9(14)15/h1-3,6H,4-5,13H2. The third-order valence-electron chi connectivity index (χ3n) is 2.38. The number of carbonyl (C=O) groups is 1. The van der Waals surface area contributed by atoms with Crippen molar-refractivity contribution in [3.8, 4) is 0 Å². The topological polar surface area (TPSA) is 46.3 Å². The number of anilines is 1. The smallest absolute Gasteiger partial charge is 0.228 e. The molecule has 80 valence electrons. The van der Waals surface area contributed by atoms with E-state index >= 15 is 0 Å². The van der Waals surface area contributed by atoms with Gasteiger partial charge in [0.1, 0.15) is 0 Å². The molecular weight excluding hydrogens is 263 g/mol. The Kier molecular flexibility index (Phi) is 2.75. The molecule has 0 aliphatic carbocycles. The van der Waals surface area contributed by atoms with E-state index in [4.69, 9.17) is 5.73 Å². The van der Waals surface area contributed by atoms with Gasteiger partial charge in [0.15, 0.2) is 5.82 Å². The first kappa shape index (κ1) is 10.6. The summed E-state index contributed by atoms with van der Waals surface area (Å²) in [6, 6.07) is 4.67. The Bertz CT molecular complexity index is 410. The molecule has 1 fully saturated rings. The molecule has 3 nitrogen and oxygen atoms in total. The molecule has 1 amide bonds. The largest absolute Gasteiger partial charge is 0.326 e. The Labute approximate surface area is 95.2 Å². The van der Waals surface area contributed by atoms with E-state index < -0.39 is 5.82 Å². The third-order valence-corrected chi connectivity index (χ3v) is 2.99. The first-order valence-corrected chi connectivity index (χ1v) is 5.39. The summed E-state index contributed by atoms with van der Waals surface area (Å²) in [7, 11) is 0. The first-order valence-electron chi connectivity index (χ1n) is 4.59. The van der Waals surface area contributed by atoms with Crippen LogP contribution in [0.5, 0.6) is 0 Å². The van der Waals surface area contributed by atoms with Gasteiger partial charge >= 0.3 is 0 Å². The number of rotatable bonds is 1. The van der Waals surface area contributed by atoms with Crippen LogP contribution in [0.1, 0.15) is 6.42 Å². The van der Waals surface area contributed by atoms with Gasteiger partial charge in [-0.15, -0.1) is 0 Å². The lowest BCUT2D eigenvalue weighted by Crippen LogP contribution is -2.28. The molecule has 1 saturated heterocycles. The number of hydrogen-bond donors (Lipinski definition) is 1. The maximum atomic E-state index is 13.7. The molecule has 1 aromatic carbocycles. The second-order valence-electron chi connectivity index (χ2n) is 3.54. The first-order chi connectivity index (χ1) is 7.09. The van der Waals surface area contributed by atoms with Crippen molar-refractivity contribution < 1.29 is 9.18 Å². The van der Waals surface area contributed by atoms with Crippen molar-refractivity contribution in [1.82, 2.24) is 0 Å². The Balaban J connectivity index is 2.38. The molecule has 2 rings (SSSR count). The lowest BCUT2D eigenvalue weighted by molar-refractivity contribution is -0.117. The van der Waals surface area contributed by atoms with E-state index in [1.54, 1.807) is 18.2 Å². The molecule has 0 aromatic heterocycles. The van der Waals surface area contributed by atoms with E-state index in [9.17, 15) is 9.18 Å². The van der Waals surface area contributed by atoms with Crippen LogP contribution in [0, 0.1) is 5.82 Å². The van der Waals surface area contributed by atoms with Crippen molar-refractivity contribution >= 4 is 27.5 Å². The lowest BCUT2D eigenvalue weighted by atomic mass is 10.3. The molecule has 1 aliphatic rings. The van der Waals surface area contributed by atoms with Crippen LogP contribution < -0.4 is 10.6 Å². The van der Waals surface area contributed by atoms with Crippen LogP contribution >= 0.6 is 15.9 Å². The average Bonchev–Trinajstić information content (AvgIpc) is 2.50. The molecule has 1 aromatic rings. The van der Waals surface area contributed by atoms with Crippen LogP contribution in [0.25, 0.3) is 0 Å². The summed E-state index contributed by atoms with van der Waals surface area (Å²) in [4.78, 5) is 12.9. The molecule has 2 N–H and O–H groups in total. The Morgan fingerprint density at radius 3 is 2.87 bits per heavy atom. The Morgan fingerprint density at radius 1 is 1.53 bits per heavy atom. The van der Waals surface area contributed by atoms with Gasteiger partial charge in [-0.3, -0.25) is 4.79 Å². The van der Waals surface area contributed by atoms with Gasteiger partial charge in [0, 0.05) is 19.0 Å². The highest BCUT2D eigenvalue weighted by Gasteiger charge is 2.30. The van der Waals surface area contributed by atoms with Crippen LogP contribution in [0.2, 0.25) is 0 Å². The van der Waals surface area contributed by atoms with Crippen molar-refractivity contribution in [1.29, 1.82) is 0 Å². The van der Waals surface area contributed by atoms with Gasteiger partial charge < -0.3 is 10.6 Å². The van der Waals surface area contributed by atoms with Crippen LogP contribution in [0.15, 0.2) is 22.7 Å². The molecule has 0 spiro atoms. The van der Waals surface area contributed by atoms with Crippen molar-refractivity contribution in [2.24, 2.45) is 5.73 Å². The minimum absolute atomic E-state index is 0.125. The number of amides is 1. The maximum absolute atomic E-state index is 13.7. The molecule has 1 heterocycles. The van der Waals surface area contributed by atoms with E-state index in [2.05, 4.69) is 15.9 Å². The van der Waals surface area contributed by atoms with Crippen molar-refractivity contribution in [2.45, 2.75) is 12.5 Å². The number of benzene rings is 1. The zero-order chi connectivity index (χ0) is 11.0. The average molecular weight is 273 g/mol. The van der Waals surface area contributed by atoms with Crippen LogP contribution in [-0.4, -0.2) is 18.5 Å². The van der Waals surface area contributed by atoms with Crippen LogP contribution in [0.4, 0.5) is 10.1 Å². The van der Waals surface area contributed by atoms with E-state index in [1.807, 2.05) is 0 Å². The predicted molar refractivity (Wildman–Crippen MR) is 59.0 cm³/mol. The van der Waals surface area contributed by atoms with Gasteiger partial charge in [0.2, 0.25) is 5.91 Å². The fraction of sp³-hybridized carbons (Fsp3) is 0.300. The van der Waals surface area contributed by atoms with Gasteiger partial charge in [0.05, 0.1) is 10.2 Å². The van der Waals surface area contributed by atoms with E-state index in [0.717, 1.165) is 0 Å². The summed E-state index contributed by atoms with van der Waals surface area (Å²) in [5.74, 6) is -0.542. The molecule has 15 heavy (non-hydrogen) atoms. The van der Waals surface area contributed by atoms with Crippen LogP contribution in [0.3, 0.4) is 0 Å². The monoisotopic (exact) mass is 272 g/mol. The second-order valence-corrected chi connectivity index (χ2v) is 4.40. The van der Waals surface area contributed by atoms with Crippen molar-refractivity contribution in [2.75, 3.05) is 11.4 Å². The highest BCUT2D eigenvalue weighted by atomic mass is 79.9. The summed E-state index contributed by atoms with van der Waals surface area (Å²) >= 11 is 3.08. The number of hydrogen-bond acceptors (Lipinski definition) is 2. The van der Waals surface area contributed by atoms with E-state index in [-0.39, 0.29) is 18.4 Å². The molecular formula is C10H10BrFN2O. The van der Waals surface area contributed by atoms with Gasteiger partial charge in [-0.1, -0.05) is 6.07 Å². The maximum Gasteiger partial charge on any atom is 0.228 e. The Hall–Kier alpha value is -0.940. The van der Waals surface area contributed by atoms with Gasteiger partial charge in [-0.2, -0.15) is 0 Å². The van der Waals surface area contributed by atoms with Crippen molar-refractivity contribution in [3.63, 3.8) is 0 Å². The highest BCUT2D eigenvalue weighted by molar-refractivity contribution is 9.10. The quantitative estimate of drug-likeness (QED) is 0.845. The number of nitrogens with zero attached hydrogens (tertiary/aromatic N) is 1. The second kappa shape index (κ2) is 3.90. The molecule has 0 saturated carbocycles. The molecule has 0 radical (unpaired) electrons. The van der Waals surface area contributed by atoms with Crippen LogP contribution in [-0.2, 0) is 4.79 Å². The molecule has 1 aliphatic heterocycles. The van der Waals surface area contributed by atoms with E-state index in [1.165, 1.54) is 4.90 Å². The number of nitrogens with two attached hydrogens (primary N) is 1. The predicted octanol–water partition coefficient (Wildman–Crippen LogP) is 1.65. The minimum atomic E-state index is -0.417. The van der Waals surface area contributed by atoms with E-state index in [0.29, 0.717) is 16.7 Å². The molecule has 0 bridgehead atoms. The summed E-state index contributed by atoms with van der Waals surface area (Å²) in [5.41, 5.74) is 5.94. The summed E-state index contributed by atoms with van der Waals surface area (Å²) in [6.07, 6.45) is 0.284. The highest BCUT2D eigenvalue weighted by Crippen LogP contribution is 2.28. The van der Waals surface area contributed by atoms with Gasteiger partial charge in [-0.25, -0.2) is 4.39 Å². The SMILES string of the molecule is NC1CC(=O)N(c2cccc(Br)c2F)C1. The van der Waals surface area contributed by atoms with Gasteiger partial charge in [0.25, 0.3) is 0 Å². The minimum Gasteiger partial charge on any atom is -0.326 e. The summed E-state index contributed by atoms with van der Waals surface area (Å²) < 4.78 is 14.0. The molecule has 1 unspecified atom stereocenters. The lowest BCUT2D eigenvalue weighted by Gasteiger charge is -2.17. The zero-order valence-corrected chi connectivity index (χ0v) is 9.50. The normalized spacial score (nSPS) is 21.1. The fourth-order valence-electron chi connectivity index (χ4n) is 1.67. The zero-order valence-electron chi connectivity index (χ0n) is 7.91. The summed E-state index contributed by atoms with van der Waals surface area (Å²) in [5, 5.41) is 0. The van der Waals surface area contributed by atoms with Gasteiger partial charge in [-0.05, 0) is 28.1 Å².